The predicted octanol–water partition coefficient (Wildman–Crippen LogP) is 1.58. The van der Waals surface area contributed by atoms with Gasteiger partial charge in [-0.15, -0.1) is 0 Å². The highest BCUT2D eigenvalue weighted by atomic mass is 79.9. The Labute approximate surface area is 83.7 Å². The zero-order valence-electron chi connectivity index (χ0n) is 6.80. The minimum absolute atomic E-state index is 0.0278. The largest absolute Gasteiger partial charge is 0.341 e. The van der Waals surface area contributed by atoms with Crippen LogP contribution in [0.5, 0.6) is 0 Å². The number of carbonyl (C=O) groups excluding carboxylic acids is 1. The average Bonchev–Trinajstić information content (AvgIpc) is 2.79. The maximum atomic E-state index is 11.4. The van der Waals surface area contributed by atoms with Gasteiger partial charge in [0.15, 0.2) is 0 Å². The van der Waals surface area contributed by atoms with Crippen LogP contribution in [0.1, 0.15) is 28.9 Å². The molecule has 1 aromatic heterocycles. The normalized spacial score (nSPS) is 21.5. The summed E-state index contributed by atoms with van der Waals surface area (Å²) in [5.41, 5.74) is 1.61. The third kappa shape index (κ3) is 0.892. The van der Waals surface area contributed by atoms with Crippen LogP contribution in [0.2, 0.25) is 0 Å². The van der Waals surface area contributed by atoms with E-state index in [0.29, 0.717) is 5.69 Å². The molecular formula is C9H7BrN2O. The van der Waals surface area contributed by atoms with E-state index in [1.807, 2.05) is 6.07 Å². The molecule has 0 radical (unpaired) electrons. The van der Waals surface area contributed by atoms with Crippen molar-refractivity contribution in [1.29, 1.82) is 0 Å². The number of rotatable bonds is 0. The molecule has 1 aliphatic carbocycles. The smallest absolute Gasteiger partial charge is 0.270 e. The van der Waals surface area contributed by atoms with Crippen LogP contribution in [0.15, 0.2) is 16.7 Å². The first kappa shape index (κ1) is 7.50. The molecule has 0 atom stereocenters. The molecule has 0 bridgehead atoms. The second-order valence-electron chi connectivity index (χ2n) is 3.59. The second-order valence-corrected chi connectivity index (χ2v) is 4.50. The fourth-order valence-corrected chi connectivity index (χ4v) is 2.18. The van der Waals surface area contributed by atoms with Gasteiger partial charge in [0.2, 0.25) is 0 Å². The van der Waals surface area contributed by atoms with Crippen LogP contribution in [0.25, 0.3) is 0 Å². The summed E-state index contributed by atoms with van der Waals surface area (Å²) in [4.78, 5) is 15.6. The molecule has 0 unspecified atom stereocenters. The first-order chi connectivity index (χ1) is 6.21. The summed E-state index contributed by atoms with van der Waals surface area (Å²) < 4.78 is 0.939. The Morgan fingerprint density at radius 1 is 1.54 bits per heavy atom. The Kier molecular flexibility index (Phi) is 1.22. The van der Waals surface area contributed by atoms with Gasteiger partial charge in [0.1, 0.15) is 5.69 Å². The lowest BCUT2D eigenvalue weighted by Gasteiger charge is -2.06. The maximum Gasteiger partial charge on any atom is 0.270 e. The number of fused-ring (bicyclic) bond motifs is 2. The molecule has 0 aromatic carbocycles. The van der Waals surface area contributed by atoms with E-state index >= 15 is 0 Å². The van der Waals surface area contributed by atoms with Crippen molar-refractivity contribution >= 4 is 21.8 Å². The van der Waals surface area contributed by atoms with Gasteiger partial charge in [-0.2, -0.15) is 0 Å². The van der Waals surface area contributed by atoms with Gasteiger partial charge in [-0.1, -0.05) is 0 Å². The molecule has 3 rings (SSSR count). The molecule has 2 heterocycles. The Morgan fingerprint density at radius 2 is 2.31 bits per heavy atom. The third-order valence-corrected chi connectivity index (χ3v) is 3.12. The second kappa shape index (κ2) is 2.12. The lowest BCUT2D eigenvalue weighted by Crippen LogP contribution is -2.25. The number of aromatic nitrogens is 1. The first-order valence-corrected chi connectivity index (χ1v) is 4.99. The molecule has 3 nitrogen and oxygen atoms in total. The number of carbonyl (C=O) groups is 1. The summed E-state index contributed by atoms with van der Waals surface area (Å²) in [6.07, 6.45) is 3.76. The van der Waals surface area contributed by atoms with E-state index in [0.717, 1.165) is 22.9 Å². The van der Waals surface area contributed by atoms with Crippen LogP contribution in [0.4, 0.5) is 0 Å². The molecule has 1 aromatic rings. The van der Waals surface area contributed by atoms with E-state index in [4.69, 9.17) is 0 Å². The lowest BCUT2D eigenvalue weighted by atomic mass is 10.1. The number of hydrogen-bond acceptors (Lipinski definition) is 2. The van der Waals surface area contributed by atoms with Crippen molar-refractivity contribution in [3.63, 3.8) is 0 Å². The van der Waals surface area contributed by atoms with Crippen LogP contribution >= 0.6 is 15.9 Å². The number of amides is 1. The first-order valence-electron chi connectivity index (χ1n) is 4.20. The topological polar surface area (TPSA) is 42.0 Å². The number of pyridine rings is 1. The Morgan fingerprint density at radius 3 is 3.00 bits per heavy atom. The molecule has 1 amide bonds. The maximum absolute atomic E-state index is 11.4. The third-order valence-electron chi connectivity index (χ3n) is 2.69. The number of nitrogens with zero attached hydrogens (tertiary/aromatic N) is 1. The monoisotopic (exact) mass is 238 g/mol. The molecule has 13 heavy (non-hydrogen) atoms. The van der Waals surface area contributed by atoms with Crippen molar-refractivity contribution in [1.82, 2.24) is 10.3 Å². The van der Waals surface area contributed by atoms with Gasteiger partial charge in [-0.3, -0.25) is 4.79 Å². The van der Waals surface area contributed by atoms with Crippen molar-refractivity contribution < 1.29 is 4.79 Å². The number of halogens is 1. The Hall–Kier alpha value is -0.900. The van der Waals surface area contributed by atoms with Crippen LogP contribution in [-0.2, 0) is 5.54 Å². The van der Waals surface area contributed by atoms with Crippen molar-refractivity contribution in [3.8, 4) is 0 Å². The zero-order chi connectivity index (χ0) is 9.05. The van der Waals surface area contributed by atoms with Gasteiger partial charge in [-0.25, -0.2) is 4.98 Å². The van der Waals surface area contributed by atoms with Crippen LogP contribution < -0.4 is 5.32 Å². The quantitative estimate of drug-likeness (QED) is 0.746. The lowest BCUT2D eigenvalue weighted by molar-refractivity contribution is 0.0948. The molecule has 1 saturated carbocycles. The van der Waals surface area contributed by atoms with E-state index < -0.39 is 0 Å². The van der Waals surface area contributed by atoms with Crippen LogP contribution in [0.3, 0.4) is 0 Å². The van der Waals surface area contributed by atoms with Gasteiger partial charge in [0.25, 0.3) is 5.91 Å². The number of hydrogen-bond donors (Lipinski definition) is 1. The van der Waals surface area contributed by atoms with Crippen molar-refractivity contribution in [2.24, 2.45) is 0 Å². The van der Waals surface area contributed by atoms with E-state index in [9.17, 15) is 4.79 Å². The van der Waals surface area contributed by atoms with Crippen LogP contribution in [-0.4, -0.2) is 10.9 Å². The van der Waals surface area contributed by atoms with Gasteiger partial charge in [0.05, 0.1) is 5.54 Å². The summed E-state index contributed by atoms with van der Waals surface area (Å²) >= 11 is 3.36. The minimum atomic E-state index is -0.0524. The molecule has 1 fully saturated rings. The van der Waals surface area contributed by atoms with Crippen molar-refractivity contribution in [2.75, 3.05) is 0 Å². The molecule has 4 heteroatoms. The van der Waals surface area contributed by atoms with E-state index in [-0.39, 0.29) is 11.4 Å². The van der Waals surface area contributed by atoms with Gasteiger partial charge < -0.3 is 5.32 Å². The molecule has 1 N–H and O–H groups in total. The number of nitrogens with one attached hydrogen (secondary N) is 1. The van der Waals surface area contributed by atoms with E-state index in [1.165, 1.54) is 0 Å². The SMILES string of the molecule is O=C1NC2(CC2)c2cc(Br)cnc21. The van der Waals surface area contributed by atoms with Crippen molar-refractivity contribution in [3.05, 3.63) is 28.0 Å². The van der Waals surface area contributed by atoms with Gasteiger partial charge in [0, 0.05) is 16.2 Å². The fourth-order valence-electron chi connectivity index (χ4n) is 1.85. The minimum Gasteiger partial charge on any atom is -0.341 e. The standard InChI is InChI=1S/C9H7BrN2O/c10-5-3-6-7(11-4-5)8(13)12-9(6)1-2-9/h3-4H,1-2H2,(H,12,13). The summed E-state index contributed by atoms with van der Waals surface area (Å²) in [6, 6.07) is 1.99. The molecule has 2 aliphatic rings. The van der Waals surface area contributed by atoms with Gasteiger partial charge in [-0.05, 0) is 34.8 Å². The van der Waals surface area contributed by atoms with E-state index in [1.54, 1.807) is 6.20 Å². The molecule has 1 aliphatic heterocycles. The highest BCUT2D eigenvalue weighted by molar-refractivity contribution is 9.10. The van der Waals surface area contributed by atoms with Gasteiger partial charge >= 0.3 is 0 Å². The van der Waals surface area contributed by atoms with Crippen LogP contribution in [0, 0.1) is 0 Å². The summed E-state index contributed by atoms with van der Waals surface area (Å²) in [6.45, 7) is 0. The summed E-state index contributed by atoms with van der Waals surface area (Å²) in [7, 11) is 0. The van der Waals surface area contributed by atoms with Crippen molar-refractivity contribution in [2.45, 2.75) is 18.4 Å². The summed E-state index contributed by atoms with van der Waals surface area (Å²) in [5.74, 6) is -0.0278. The Balaban J connectivity index is 2.26. The average molecular weight is 239 g/mol. The molecular weight excluding hydrogens is 232 g/mol. The summed E-state index contributed by atoms with van der Waals surface area (Å²) in [5, 5.41) is 2.97. The zero-order valence-corrected chi connectivity index (χ0v) is 8.39. The Bertz CT molecular complexity index is 412. The van der Waals surface area contributed by atoms with E-state index in [2.05, 4.69) is 26.2 Å². The molecule has 0 saturated heterocycles. The molecule has 1 spiro atoms. The highest BCUT2D eigenvalue weighted by Crippen LogP contribution is 2.50. The highest BCUT2D eigenvalue weighted by Gasteiger charge is 2.52. The molecule has 66 valence electrons. The fraction of sp³-hybridized carbons (Fsp3) is 0.333. The predicted molar refractivity (Wildman–Crippen MR) is 50.3 cm³/mol.